The Morgan fingerprint density at radius 3 is 2.30 bits per heavy atom. The largest absolute Gasteiger partial charge is 0.402 e. The highest BCUT2D eigenvalue weighted by Crippen LogP contribution is 2.64. The molecule has 1 aromatic heterocycles. The van der Waals surface area contributed by atoms with Gasteiger partial charge < -0.3 is 15.2 Å². The Morgan fingerprint density at radius 2 is 1.72 bits per heavy atom. The molecule has 1 heterocycles. The molecule has 0 fully saturated rings. The zero-order valence-electron chi connectivity index (χ0n) is 23.6. The number of sulfone groups is 1. The molecule has 43 heavy (non-hydrogen) atoms. The average Bonchev–Trinajstić information content (AvgIpc) is 3.22. The molecule has 0 bridgehead atoms. The summed E-state index contributed by atoms with van der Waals surface area (Å²) in [5.41, 5.74) is 3.34. The number of hydrogen-bond acceptors (Lipinski definition) is 6. The lowest BCUT2D eigenvalue weighted by Gasteiger charge is -2.25. The SMILES string of the molecule is CCC(C)OP(=O)(O)C(F)(F)c1ccc(Cn2c(-c3ccc(S(C)(=O)=O)cc3)cn(Cc3cccc(N)c3)c2=O)cc1Br. The van der Waals surface area contributed by atoms with E-state index < -0.39 is 40.5 Å². The summed E-state index contributed by atoms with van der Waals surface area (Å²) in [6.45, 7) is 3.23. The van der Waals surface area contributed by atoms with Crippen LogP contribution in [0.4, 0.5) is 14.5 Å². The van der Waals surface area contributed by atoms with E-state index in [2.05, 4.69) is 15.9 Å². The molecule has 230 valence electrons. The van der Waals surface area contributed by atoms with Crippen LogP contribution in [0.15, 0.2) is 87.1 Å². The van der Waals surface area contributed by atoms with Crippen LogP contribution in [0, 0.1) is 0 Å². The first-order valence-corrected chi connectivity index (χ1v) is 17.4. The predicted molar refractivity (Wildman–Crippen MR) is 165 cm³/mol. The molecule has 0 saturated heterocycles. The number of benzene rings is 3. The predicted octanol–water partition coefficient (Wildman–Crippen LogP) is 6.21. The lowest BCUT2D eigenvalue weighted by atomic mass is 10.1. The fraction of sp³-hybridized carbons (Fsp3) is 0.276. The summed E-state index contributed by atoms with van der Waals surface area (Å²) in [5.74, 6) is 0. The van der Waals surface area contributed by atoms with Crippen molar-refractivity contribution in [3.63, 3.8) is 0 Å². The third-order valence-corrected chi connectivity index (χ3v) is 10.3. The van der Waals surface area contributed by atoms with Gasteiger partial charge in [0.25, 0.3) is 0 Å². The van der Waals surface area contributed by atoms with Crippen LogP contribution >= 0.6 is 23.5 Å². The quantitative estimate of drug-likeness (QED) is 0.141. The Hall–Kier alpha value is -3.09. The van der Waals surface area contributed by atoms with Gasteiger partial charge in [0, 0.05) is 28.2 Å². The Kier molecular flexibility index (Phi) is 9.53. The number of alkyl halides is 2. The molecule has 0 aliphatic carbocycles. The van der Waals surface area contributed by atoms with Gasteiger partial charge in [-0.15, -0.1) is 0 Å². The number of nitrogens with two attached hydrogens (primary N) is 1. The van der Waals surface area contributed by atoms with Gasteiger partial charge >= 0.3 is 18.9 Å². The first kappa shape index (κ1) is 32.8. The molecule has 4 rings (SSSR count). The molecule has 2 atom stereocenters. The van der Waals surface area contributed by atoms with Crippen LogP contribution in [0.2, 0.25) is 0 Å². The maximum Gasteiger partial charge on any atom is 0.402 e. The molecule has 14 heteroatoms. The molecule has 0 radical (unpaired) electrons. The van der Waals surface area contributed by atoms with Crippen LogP contribution in [0.3, 0.4) is 0 Å². The monoisotopic (exact) mass is 697 g/mol. The van der Waals surface area contributed by atoms with Gasteiger partial charge in [-0.3, -0.25) is 13.7 Å². The van der Waals surface area contributed by atoms with Crippen LogP contribution in [0.1, 0.15) is 37.0 Å². The Bertz CT molecular complexity index is 1860. The number of rotatable bonds is 11. The second kappa shape index (κ2) is 12.5. The molecule has 3 aromatic carbocycles. The Morgan fingerprint density at radius 1 is 1.07 bits per heavy atom. The van der Waals surface area contributed by atoms with Gasteiger partial charge in [-0.05, 0) is 60.4 Å². The summed E-state index contributed by atoms with van der Waals surface area (Å²) >= 11 is 3.11. The lowest BCUT2D eigenvalue weighted by Crippen LogP contribution is -2.25. The van der Waals surface area contributed by atoms with Gasteiger partial charge in [-0.25, -0.2) is 13.2 Å². The van der Waals surface area contributed by atoms with Crippen molar-refractivity contribution in [3.05, 3.63) is 105 Å². The van der Waals surface area contributed by atoms with Gasteiger partial charge in [0.05, 0.1) is 29.8 Å². The van der Waals surface area contributed by atoms with E-state index in [9.17, 15) is 22.7 Å². The molecule has 0 spiro atoms. The molecule has 4 aromatic rings. The number of hydrogen-bond donors (Lipinski definition) is 2. The topological polar surface area (TPSA) is 134 Å². The van der Waals surface area contributed by atoms with Crippen molar-refractivity contribution in [1.29, 1.82) is 0 Å². The summed E-state index contributed by atoms with van der Waals surface area (Å²) in [5, 5.41) is 0. The maximum absolute atomic E-state index is 15.2. The number of nitrogen functional groups attached to an aromatic ring is 1. The normalized spacial score (nSPS) is 14.4. The van der Waals surface area contributed by atoms with Crippen LogP contribution < -0.4 is 11.4 Å². The summed E-state index contributed by atoms with van der Waals surface area (Å²) < 4.78 is 74.4. The number of imidazole rings is 1. The van der Waals surface area contributed by atoms with Gasteiger partial charge in [0.2, 0.25) is 0 Å². The number of anilines is 1. The molecule has 0 aliphatic heterocycles. The van der Waals surface area contributed by atoms with E-state index in [0.29, 0.717) is 22.5 Å². The second-order valence-electron chi connectivity index (χ2n) is 10.3. The standard InChI is InChI=1S/C29H31BrF2N3O6PS/c1-4-19(2)41-42(37,38)29(31,32)25-13-8-21(15-26(25)30)17-35-27(22-9-11-24(12-10-22)43(3,39)40)18-34(28(35)36)16-20-6-5-7-23(33)14-20/h5-15,18-19H,4,16-17,33H2,1-3H3,(H,37,38). The van der Waals surface area contributed by atoms with E-state index in [1.807, 2.05) is 6.07 Å². The van der Waals surface area contributed by atoms with Crippen LogP contribution in [0.5, 0.6) is 0 Å². The maximum atomic E-state index is 15.2. The Balaban J connectivity index is 1.75. The lowest BCUT2D eigenvalue weighted by molar-refractivity contribution is 0.0341. The zero-order chi connectivity index (χ0) is 31.7. The summed E-state index contributed by atoms with van der Waals surface area (Å²) in [7, 11) is -8.82. The van der Waals surface area contributed by atoms with Crippen molar-refractivity contribution >= 4 is 39.1 Å². The number of nitrogens with zero attached hydrogens (tertiary/aromatic N) is 2. The molecule has 0 saturated carbocycles. The minimum absolute atomic E-state index is 0.0451. The molecule has 2 unspecified atom stereocenters. The molecule has 3 N–H and O–H groups in total. The third-order valence-electron chi connectivity index (χ3n) is 6.88. The summed E-state index contributed by atoms with van der Waals surface area (Å²) in [6.07, 6.45) is 2.14. The van der Waals surface area contributed by atoms with Crippen LogP contribution in [-0.2, 0) is 37.7 Å². The van der Waals surface area contributed by atoms with Gasteiger partial charge in [-0.1, -0.05) is 59.3 Å². The van der Waals surface area contributed by atoms with E-state index in [0.717, 1.165) is 17.9 Å². The van der Waals surface area contributed by atoms with Crippen molar-refractivity contribution in [1.82, 2.24) is 9.13 Å². The first-order chi connectivity index (χ1) is 20.0. The molecular weight excluding hydrogens is 667 g/mol. The number of halogens is 3. The van der Waals surface area contributed by atoms with E-state index in [1.165, 1.54) is 40.3 Å². The van der Waals surface area contributed by atoms with Crippen molar-refractivity contribution in [2.24, 2.45) is 0 Å². The molecular formula is C29H31BrF2N3O6PS. The molecule has 0 amide bonds. The Labute approximate surface area is 256 Å². The summed E-state index contributed by atoms with van der Waals surface area (Å²) in [4.78, 5) is 23.9. The van der Waals surface area contributed by atoms with E-state index >= 15 is 8.78 Å². The van der Waals surface area contributed by atoms with Crippen LogP contribution in [0.25, 0.3) is 11.3 Å². The third kappa shape index (κ3) is 7.18. The van der Waals surface area contributed by atoms with Crippen LogP contribution in [-0.4, -0.2) is 34.8 Å². The van der Waals surface area contributed by atoms with Gasteiger partial charge in [0.1, 0.15) is 0 Å². The highest BCUT2D eigenvalue weighted by molar-refractivity contribution is 9.10. The van der Waals surface area contributed by atoms with Gasteiger partial charge in [0.15, 0.2) is 9.84 Å². The van der Waals surface area contributed by atoms with Gasteiger partial charge in [-0.2, -0.15) is 8.78 Å². The fourth-order valence-electron chi connectivity index (χ4n) is 4.41. The molecule has 0 aliphatic rings. The zero-order valence-corrected chi connectivity index (χ0v) is 26.9. The average molecular weight is 699 g/mol. The highest BCUT2D eigenvalue weighted by Gasteiger charge is 2.54. The second-order valence-corrected chi connectivity index (χ2v) is 14.9. The minimum Gasteiger partial charge on any atom is -0.399 e. The fourth-order valence-corrected chi connectivity index (χ4v) is 7.14. The van der Waals surface area contributed by atoms with E-state index in [1.54, 1.807) is 43.5 Å². The van der Waals surface area contributed by atoms with Crippen molar-refractivity contribution in [2.45, 2.75) is 50.0 Å². The van der Waals surface area contributed by atoms with Crippen molar-refractivity contribution < 1.29 is 31.2 Å². The van der Waals surface area contributed by atoms with E-state index in [4.69, 9.17) is 10.3 Å². The minimum atomic E-state index is -5.38. The summed E-state index contributed by atoms with van der Waals surface area (Å²) in [6, 6.07) is 16.8. The van der Waals surface area contributed by atoms with Crippen molar-refractivity contribution in [2.75, 3.05) is 12.0 Å². The number of aromatic nitrogens is 2. The van der Waals surface area contributed by atoms with E-state index in [-0.39, 0.29) is 28.9 Å². The highest BCUT2D eigenvalue weighted by atomic mass is 79.9. The smallest absolute Gasteiger partial charge is 0.399 e. The first-order valence-electron chi connectivity index (χ1n) is 13.2. The molecule has 9 nitrogen and oxygen atoms in total. The van der Waals surface area contributed by atoms with Crippen molar-refractivity contribution in [3.8, 4) is 11.3 Å².